The molecule has 0 saturated carbocycles. The first-order valence-corrected chi connectivity index (χ1v) is 6.97. The molecule has 1 aromatic carbocycles. The van der Waals surface area contributed by atoms with Gasteiger partial charge in [0.2, 0.25) is 5.91 Å². The number of nitrogens with zero attached hydrogens (tertiary/aromatic N) is 1. The Kier molecular flexibility index (Phi) is 3.48. The lowest BCUT2D eigenvalue weighted by atomic mass is 10.0. The molecule has 0 spiro atoms. The number of carbonyl (C=O) groups excluding carboxylic acids is 2. The smallest absolute Gasteiger partial charge is 0.291 e. The van der Waals surface area contributed by atoms with E-state index in [4.69, 9.17) is 4.42 Å². The molecule has 3 rings (SSSR count). The molecule has 5 heteroatoms. The van der Waals surface area contributed by atoms with E-state index in [0.717, 1.165) is 11.3 Å². The van der Waals surface area contributed by atoms with Gasteiger partial charge in [-0.3, -0.25) is 9.59 Å². The van der Waals surface area contributed by atoms with Crippen molar-refractivity contribution in [2.75, 3.05) is 16.8 Å². The normalized spacial score (nSPS) is 14.0. The lowest BCUT2D eigenvalue weighted by Crippen LogP contribution is -2.34. The van der Waals surface area contributed by atoms with Gasteiger partial charge in [0.15, 0.2) is 5.76 Å². The number of hydrogen-bond acceptors (Lipinski definition) is 3. The van der Waals surface area contributed by atoms with E-state index in [-0.39, 0.29) is 17.6 Å². The lowest BCUT2D eigenvalue weighted by Gasteiger charge is -2.28. The fourth-order valence-electron chi connectivity index (χ4n) is 2.58. The molecule has 0 radical (unpaired) electrons. The van der Waals surface area contributed by atoms with Crippen LogP contribution in [0.2, 0.25) is 0 Å². The highest BCUT2D eigenvalue weighted by Gasteiger charge is 2.23. The summed E-state index contributed by atoms with van der Waals surface area (Å²) in [5, 5.41) is 2.80. The summed E-state index contributed by atoms with van der Waals surface area (Å²) in [5.41, 5.74) is 2.72. The third kappa shape index (κ3) is 2.54. The van der Waals surface area contributed by atoms with Crippen molar-refractivity contribution in [3.63, 3.8) is 0 Å². The summed E-state index contributed by atoms with van der Waals surface area (Å²) in [6.45, 7) is 2.61. The number of aryl methyl sites for hydroxylation is 1. The SMILES string of the molecule is CCN1C(=O)CCc2cc(NC(=O)c3ccco3)ccc21. The zero-order valence-electron chi connectivity index (χ0n) is 11.8. The first-order valence-electron chi connectivity index (χ1n) is 6.97. The van der Waals surface area contributed by atoms with Crippen molar-refractivity contribution in [3.8, 4) is 0 Å². The van der Waals surface area contributed by atoms with Crippen LogP contribution in [0.5, 0.6) is 0 Å². The van der Waals surface area contributed by atoms with Crippen LogP contribution < -0.4 is 10.2 Å². The van der Waals surface area contributed by atoms with Crippen LogP contribution >= 0.6 is 0 Å². The summed E-state index contributed by atoms with van der Waals surface area (Å²) in [4.78, 5) is 25.6. The van der Waals surface area contributed by atoms with E-state index in [2.05, 4.69) is 5.32 Å². The molecule has 1 aromatic heterocycles. The van der Waals surface area contributed by atoms with Gasteiger partial charge in [0.1, 0.15) is 0 Å². The standard InChI is InChI=1S/C16H16N2O3/c1-2-18-13-7-6-12(10-11(13)5-8-15(18)19)17-16(20)14-4-3-9-21-14/h3-4,6-7,9-10H,2,5,8H2,1H3,(H,17,20). The molecule has 0 bridgehead atoms. The third-order valence-electron chi connectivity index (χ3n) is 3.60. The molecule has 5 nitrogen and oxygen atoms in total. The Morgan fingerprint density at radius 2 is 2.19 bits per heavy atom. The minimum atomic E-state index is -0.279. The van der Waals surface area contributed by atoms with Crippen LogP contribution in [0.4, 0.5) is 11.4 Å². The van der Waals surface area contributed by atoms with Gasteiger partial charge in [0.25, 0.3) is 5.91 Å². The number of benzene rings is 1. The molecule has 1 N–H and O–H groups in total. The van der Waals surface area contributed by atoms with Gasteiger partial charge in [-0.2, -0.15) is 0 Å². The van der Waals surface area contributed by atoms with Crippen molar-refractivity contribution >= 4 is 23.2 Å². The third-order valence-corrected chi connectivity index (χ3v) is 3.60. The highest BCUT2D eigenvalue weighted by Crippen LogP contribution is 2.30. The van der Waals surface area contributed by atoms with Gasteiger partial charge >= 0.3 is 0 Å². The van der Waals surface area contributed by atoms with Crippen molar-refractivity contribution in [2.24, 2.45) is 0 Å². The molecule has 0 fully saturated rings. The number of hydrogen-bond donors (Lipinski definition) is 1. The highest BCUT2D eigenvalue weighted by molar-refractivity contribution is 6.03. The van der Waals surface area contributed by atoms with Crippen LogP contribution in [0.25, 0.3) is 0 Å². The second kappa shape index (κ2) is 5.44. The molecule has 108 valence electrons. The molecule has 2 heterocycles. The van der Waals surface area contributed by atoms with Crippen LogP contribution in [0, 0.1) is 0 Å². The number of anilines is 2. The van der Waals surface area contributed by atoms with Gasteiger partial charge in [-0.05, 0) is 49.2 Å². The molecule has 0 atom stereocenters. The quantitative estimate of drug-likeness (QED) is 0.942. The number of carbonyl (C=O) groups is 2. The van der Waals surface area contributed by atoms with Gasteiger partial charge in [0.05, 0.1) is 6.26 Å². The van der Waals surface area contributed by atoms with Crippen molar-refractivity contribution in [2.45, 2.75) is 19.8 Å². The molecular weight excluding hydrogens is 268 g/mol. The summed E-state index contributed by atoms with van der Waals surface area (Å²) < 4.78 is 5.06. The largest absolute Gasteiger partial charge is 0.459 e. The average Bonchev–Trinajstić information content (AvgIpc) is 3.02. The predicted octanol–water partition coefficient (Wildman–Crippen LogP) is 2.83. The summed E-state index contributed by atoms with van der Waals surface area (Å²) in [6, 6.07) is 8.90. The Morgan fingerprint density at radius 1 is 1.33 bits per heavy atom. The van der Waals surface area contributed by atoms with E-state index >= 15 is 0 Å². The van der Waals surface area contributed by atoms with E-state index < -0.39 is 0 Å². The fourth-order valence-corrected chi connectivity index (χ4v) is 2.58. The molecule has 0 unspecified atom stereocenters. The van der Waals surface area contributed by atoms with Gasteiger partial charge in [-0.1, -0.05) is 0 Å². The second-order valence-corrected chi connectivity index (χ2v) is 4.91. The average molecular weight is 284 g/mol. The zero-order chi connectivity index (χ0) is 14.8. The van der Waals surface area contributed by atoms with E-state index in [1.807, 2.05) is 19.1 Å². The first-order chi connectivity index (χ1) is 10.2. The monoisotopic (exact) mass is 284 g/mol. The van der Waals surface area contributed by atoms with E-state index in [0.29, 0.717) is 25.1 Å². The van der Waals surface area contributed by atoms with E-state index in [1.54, 1.807) is 23.1 Å². The lowest BCUT2D eigenvalue weighted by molar-refractivity contribution is -0.118. The Hall–Kier alpha value is -2.56. The molecular formula is C16H16N2O3. The van der Waals surface area contributed by atoms with E-state index in [1.165, 1.54) is 6.26 Å². The van der Waals surface area contributed by atoms with Gasteiger partial charge < -0.3 is 14.6 Å². The van der Waals surface area contributed by atoms with Gasteiger partial charge in [-0.15, -0.1) is 0 Å². The Morgan fingerprint density at radius 3 is 2.90 bits per heavy atom. The number of fused-ring (bicyclic) bond motifs is 1. The van der Waals surface area contributed by atoms with Crippen LogP contribution in [0.3, 0.4) is 0 Å². The number of furan rings is 1. The number of rotatable bonds is 3. The summed E-state index contributed by atoms with van der Waals surface area (Å²) in [7, 11) is 0. The van der Waals surface area contributed by atoms with Crippen LogP contribution in [0.1, 0.15) is 29.5 Å². The van der Waals surface area contributed by atoms with Crippen molar-refractivity contribution in [1.82, 2.24) is 0 Å². The minimum absolute atomic E-state index is 0.150. The second-order valence-electron chi connectivity index (χ2n) is 4.91. The first kappa shape index (κ1) is 13.4. The van der Waals surface area contributed by atoms with Crippen molar-refractivity contribution in [3.05, 3.63) is 47.9 Å². The molecule has 1 aliphatic rings. The molecule has 0 aliphatic carbocycles. The summed E-state index contributed by atoms with van der Waals surface area (Å²) in [6.07, 6.45) is 2.68. The highest BCUT2D eigenvalue weighted by atomic mass is 16.3. The maximum absolute atomic E-state index is 11.9. The minimum Gasteiger partial charge on any atom is -0.459 e. The molecule has 1 aliphatic heterocycles. The van der Waals surface area contributed by atoms with Gasteiger partial charge in [-0.25, -0.2) is 0 Å². The van der Waals surface area contributed by atoms with Crippen LogP contribution in [0.15, 0.2) is 41.0 Å². The molecule has 2 aromatic rings. The van der Waals surface area contributed by atoms with Crippen LogP contribution in [-0.4, -0.2) is 18.4 Å². The summed E-state index contributed by atoms with van der Waals surface area (Å²) in [5.74, 6) is 0.148. The number of nitrogens with one attached hydrogen (secondary N) is 1. The molecule has 21 heavy (non-hydrogen) atoms. The maximum Gasteiger partial charge on any atom is 0.291 e. The zero-order valence-corrected chi connectivity index (χ0v) is 11.8. The maximum atomic E-state index is 11.9. The van der Waals surface area contributed by atoms with Crippen LogP contribution in [-0.2, 0) is 11.2 Å². The fraction of sp³-hybridized carbons (Fsp3) is 0.250. The van der Waals surface area contributed by atoms with Crippen molar-refractivity contribution in [1.29, 1.82) is 0 Å². The Labute approximate surface area is 122 Å². The Balaban J connectivity index is 1.83. The Bertz CT molecular complexity index is 677. The van der Waals surface area contributed by atoms with Gasteiger partial charge in [0, 0.05) is 24.3 Å². The topological polar surface area (TPSA) is 62.6 Å². The van der Waals surface area contributed by atoms with E-state index in [9.17, 15) is 9.59 Å². The van der Waals surface area contributed by atoms with Crippen molar-refractivity contribution < 1.29 is 14.0 Å². The summed E-state index contributed by atoms with van der Waals surface area (Å²) >= 11 is 0. The number of amides is 2. The molecule has 0 saturated heterocycles. The molecule has 2 amide bonds. The predicted molar refractivity (Wildman–Crippen MR) is 79.5 cm³/mol.